The summed E-state index contributed by atoms with van der Waals surface area (Å²) in [5, 5.41) is 6.86. The van der Waals surface area contributed by atoms with E-state index in [1.54, 1.807) is 7.05 Å². The third-order valence-electron chi connectivity index (χ3n) is 2.71. The summed E-state index contributed by atoms with van der Waals surface area (Å²) in [5.74, 6) is -0.309. The molecule has 0 saturated heterocycles. The zero-order valence-corrected chi connectivity index (χ0v) is 12.7. The average Bonchev–Trinajstić information content (AvgIpc) is 2.62. The van der Waals surface area contributed by atoms with Crippen LogP contribution in [0.2, 0.25) is 0 Å². The maximum atomic E-state index is 12.0. The van der Waals surface area contributed by atoms with Gasteiger partial charge in [-0.25, -0.2) is 13.1 Å². The first kappa shape index (κ1) is 16.4. The lowest BCUT2D eigenvalue weighted by atomic mass is 10.2. The minimum absolute atomic E-state index is 0.278. The number of anilines is 1. The van der Waals surface area contributed by atoms with Crippen LogP contribution in [0.5, 0.6) is 0 Å². The van der Waals surface area contributed by atoms with Crippen LogP contribution in [0.1, 0.15) is 29.5 Å². The van der Waals surface area contributed by atoms with E-state index < -0.39 is 10.0 Å². The lowest BCUT2D eigenvalue weighted by molar-refractivity contribution is 0.0945. The number of rotatable bonds is 7. The van der Waals surface area contributed by atoms with Gasteiger partial charge in [0.15, 0.2) is 0 Å². The van der Waals surface area contributed by atoms with Gasteiger partial charge < -0.3 is 11.1 Å². The molecule has 0 unspecified atom stereocenters. The van der Waals surface area contributed by atoms with Crippen LogP contribution in [0.25, 0.3) is 0 Å². The van der Waals surface area contributed by atoms with E-state index in [0.29, 0.717) is 36.5 Å². The second-order valence-corrected chi connectivity index (χ2v) is 6.30. The molecular formula is C11H21N5O3S. The van der Waals surface area contributed by atoms with E-state index in [-0.39, 0.29) is 12.5 Å². The van der Waals surface area contributed by atoms with Crippen LogP contribution < -0.4 is 15.8 Å². The lowest BCUT2D eigenvalue weighted by Crippen LogP contribution is -2.30. The molecule has 0 radical (unpaired) electrons. The molecule has 1 amide bonds. The van der Waals surface area contributed by atoms with Crippen molar-refractivity contribution in [1.29, 1.82) is 0 Å². The first-order valence-corrected chi connectivity index (χ1v) is 8.19. The summed E-state index contributed by atoms with van der Waals surface area (Å²) in [6, 6.07) is 0. The number of nitrogens with two attached hydrogens (primary N) is 1. The predicted octanol–water partition coefficient (Wildman–Crippen LogP) is -0.766. The van der Waals surface area contributed by atoms with Gasteiger partial charge in [-0.1, -0.05) is 6.92 Å². The van der Waals surface area contributed by atoms with E-state index in [9.17, 15) is 13.2 Å². The molecule has 9 heteroatoms. The third kappa shape index (κ3) is 4.49. The Bertz CT molecular complexity index is 579. The summed E-state index contributed by atoms with van der Waals surface area (Å²) >= 11 is 0. The molecule has 0 fully saturated rings. The molecule has 0 aromatic carbocycles. The quantitative estimate of drug-likeness (QED) is 0.572. The Labute approximate surface area is 118 Å². The number of hydrogen-bond donors (Lipinski definition) is 3. The van der Waals surface area contributed by atoms with Crippen LogP contribution >= 0.6 is 0 Å². The molecule has 1 aromatic rings. The van der Waals surface area contributed by atoms with Gasteiger partial charge in [0.05, 0.1) is 17.6 Å². The molecule has 8 nitrogen and oxygen atoms in total. The standard InChI is InChI=1S/C11H21N5O3S/c1-4-8-9(12)10(16(2)15-8)11(17)13-6-5-7-14-20(3,18)19/h14H,4-7,12H2,1-3H3,(H,13,17). The van der Waals surface area contributed by atoms with Crippen molar-refractivity contribution in [3.8, 4) is 0 Å². The smallest absolute Gasteiger partial charge is 0.271 e. The number of aryl methyl sites for hydroxylation is 2. The van der Waals surface area contributed by atoms with Gasteiger partial charge in [-0.15, -0.1) is 0 Å². The SMILES string of the molecule is CCc1nn(C)c(C(=O)NCCCNS(C)(=O)=O)c1N. The number of carbonyl (C=O) groups is 1. The minimum atomic E-state index is -3.19. The molecular weight excluding hydrogens is 282 g/mol. The Balaban J connectivity index is 2.50. The van der Waals surface area contributed by atoms with Gasteiger partial charge in [-0.3, -0.25) is 9.48 Å². The Morgan fingerprint density at radius 2 is 2.05 bits per heavy atom. The van der Waals surface area contributed by atoms with Crippen molar-refractivity contribution in [2.45, 2.75) is 19.8 Å². The van der Waals surface area contributed by atoms with Gasteiger partial charge in [0.25, 0.3) is 5.91 Å². The van der Waals surface area contributed by atoms with E-state index in [1.165, 1.54) is 4.68 Å². The maximum Gasteiger partial charge on any atom is 0.271 e. The molecule has 0 saturated carbocycles. The summed E-state index contributed by atoms with van der Waals surface area (Å²) in [4.78, 5) is 12.0. The Hall–Kier alpha value is -1.61. The molecule has 1 aromatic heterocycles. The fourth-order valence-corrected chi connectivity index (χ4v) is 2.27. The van der Waals surface area contributed by atoms with Gasteiger partial charge in [0, 0.05) is 20.1 Å². The van der Waals surface area contributed by atoms with Crippen LogP contribution in [-0.4, -0.2) is 43.5 Å². The van der Waals surface area contributed by atoms with Gasteiger partial charge in [-0.2, -0.15) is 5.10 Å². The number of carbonyl (C=O) groups excluding carboxylic acids is 1. The summed E-state index contributed by atoms with van der Waals surface area (Å²) < 4.78 is 25.5. The van der Waals surface area contributed by atoms with Gasteiger partial charge in [0.2, 0.25) is 10.0 Å². The lowest BCUT2D eigenvalue weighted by Gasteiger charge is -2.06. The zero-order valence-electron chi connectivity index (χ0n) is 11.9. The molecule has 1 rings (SSSR count). The van der Waals surface area contributed by atoms with Crippen molar-refractivity contribution >= 4 is 21.6 Å². The average molecular weight is 303 g/mol. The van der Waals surface area contributed by atoms with Gasteiger partial charge >= 0.3 is 0 Å². The van der Waals surface area contributed by atoms with Crippen molar-refractivity contribution in [2.24, 2.45) is 7.05 Å². The second kappa shape index (κ2) is 6.71. The van der Waals surface area contributed by atoms with Crippen LogP contribution in [0.4, 0.5) is 5.69 Å². The number of amides is 1. The van der Waals surface area contributed by atoms with Gasteiger partial charge in [0.1, 0.15) is 5.69 Å². The fraction of sp³-hybridized carbons (Fsp3) is 0.636. The molecule has 0 aliphatic heterocycles. The highest BCUT2D eigenvalue weighted by molar-refractivity contribution is 7.88. The topological polar surface area (TPSA) is 119 Å². The largest absolute Gasteiger partial charge is 0.395 e. The second-order valence-electron chi connectivity index (χ2n) is 4.46. The molecule has 114 valence electrons. The number of sulfonamides is 1. The van der Waals surface area contributed by atoms with E-state index in [0.717, 1.165) is 6.26 Å². The fourth-order valence-electron chi connectivity index (χ4n) is 1.76. The zero-order chi connectivity index (χ0) is 15.3. The highest BCUT2D eigenvalue weighted by Crippen LogP contribution is 2.16. The number of nitrogens with zero attached hydrogens (tertiary/aromatic N) is 2. The van der Waals surface area contributed by atoms with Gasteiger partial charge in [-0.05, 0) is 12.8 Å². The van der Waals surface area contributed by atoms with Crippen molar-refractivity contribution in [3.05, 3.63) is 11.4 Å². The number of hydrogen-bond acceptors (Lipinski definition) is 5. The molecule has 0 atom stereocenters. The molecule has 0 spiro atoms. The first-order valence-electron chi connectivity index (χ1n) is 6.30. The molecule has 20 heavy (non-hydrogen) atoms. The normalized spacial score (nSPS) is 11.6. The molecule has 0 aliphatic rings. The predicted molar refractivity (Wildman–Crippen MR) is 76.8 cm³/mol. The third-order valence-corrected chi connectivity index (χ3v) is 3.44. The monoisotopic (exact) mass is 303 g/mol. The first-order chi connectivity index (χ1) is 9.26. The number of nitrogen functional groups attached to an aromatic ring is 1. The molecule has 1 heterocycles. The Morgan fingerprint density at radius 3 is 2.55 bits per heavy atom. The summed E-state index contributed by atoms with van der Waals surface area (Å²) in [5.41, 5.74) is 7.28. The maximum absolute atomic E-state index is 12.0. The van der Waals surface area contributed by atoms with Crippen LogP contribution in [0.3, 0.4) is 0 Å². The Kier molecular flexibility index (Phi) is 5.52. The van der Waals surface area contributed by atoms with Crippen LogP contribution in [-0.2, 0) is 23.5 Å². The van der Waals surface area contributed by atoms with Crippen molar-refractivity contribution in [3.63, 3.8) is 0 Å². The summed E-state index contributed by atoms with van der Waals surface area (Å²) in [6.07, 6.45) is 2.25. The number of nitrogens with one attached hydrogen (secondary N) is 2. The van der Waals surface area contributed by atoms with Crippen LogP contribution in [0.15, 0.2) is 0 Å². The Morgan fingerprint density at radius 1 is 1.40 bits per heavy atom. The van der Waals surface area contributed by atoms with Crippen molar-refractivity contribution in [1.82, 2.24) is 19.8 Å². The number of aromatic nitrogens is 2. The molecule has 4 N–H and O–H groups in total. The summed E-state index contributed by atoms with van der Waals surface area (Å²) in [6.45, 7) is 2.55. The van der Waals surface area contributed by atoms with E-state index in [4.69, 9.17) is 5.73 Å². The molecule has 0 bridgehead atoms. The minimum Gasteiger partial charge on any atom is -0.395 e. The van der Waals surface area contributed by atoms with Crippen LogP contribution in [0, 0.1) is 0 Å². The van der Waals surface area contributed by atoms with E-state index in [1.807, 2.05) is 6.92 Å². The van der Waals surface area contributed by atoms with Crippen molar-refractivity contribution < 1.29 is 13.2 Å². The highest BCUT2D eigenvalue weighted by atomic mass is 32.2. The van der Waals surface area contributed by atoms with Crippen molar-refractivity contribution in [2.75, 3.05) is 25.1 Å². The summed E-state index contributed by atoms with van der Waals surface area (Å²) in [7, 11) is -1.52. The highest BCUT2D eigenvalue weighted by Gasteiger charge is 2.18. The molecule has 0 aliphatic carbocycles. The van der Waals surface area contributed by atoms with E-state index >= 15 is 0 Å². The van der Waals surface area contributed by atoms with E-state index in [2.05, 4.69) is 15.1 Å².